The molecule has 2 rings (SSSR count). The van der Waals surface area contributed by atoms with Gasteiger partial charge in [-0.3, -0.25) is 0 Å². The molecule has 3 N–H and O–H groups in total. The van der Waals surface area contributed by atoms with E-state index in [-0.39, 0.29) is 5.75 Å². The van der Waals surface area contributed by atoms with E-state index < -0.39 is 7.32 Å². The predicted octanol–water partition coefficient (Wildman–Crippen LogP) is -0.507. The quantitative estimate of drug-likeness (QED) is 0.633. The minimum Gasteiger partial charge on any atom is -0.511 e. The summed E-state index contributed by atoms with van der Waals surface area (Å²) in [6.07, 6.45) is 1.42. The SMILES string of the molecule is OB(O)Oc1cnc(N2CCNCC2)c(Cl)c1. The Balaban J connectivity index is 2.13. The summed E-state index contributed by atoms with van der Waals surface area (Å²) in [6, 6.07) is 1.52. The predicted molar refractivity (Wildman–Crippen MR) is 65.1 cm³/mol. The summed E-state index contributed by atoms with van der Waals surface area (Å²) < 4.78 is 4.67. The first-order valence-corrected chi connectivity index (χ1v) is 5.68. The number of hydrogen-bond donors (Lipinski definition) is 3. The van der Waals surface area contributed by atoms with Gasteiger partial charge in [-0.25, -0.2) is 4.98 Å². The molecule has 0 aromatic carbocycles. The van der Waals surface area contributed by atoms with Gasteiger partial charge in [-0.2, -0.15) is 0 Å². The first-order chi connectivity index (χ1) is 8.16. The Bertz CT molecular complexity index is 388. The lowest BCUT2D eigenvalue weighted by molar-refractivity contribution is 0.287. The fourth-order valence-electron chi connectivity index (χ4n) is 1.71. The van der Waals surface area contributed by atoms with Crippen LogP contribution in [0.15, 0.2) is 12.3 Å². The van der Waals surface area contributed by atoms with Gasteiger partial charge in [0.2, 0.25) is 0 Å². The Labute approximate surface area is 104 Å². The lowest BCUT2D eigenvalue weighted by Crippen LogP contribution is -2.44. The summed E-state index contributed by atoms with van der Waals surface area (Å²) in [6.45, 7) is 3.47. The zero-order chi connectivity index (χ0) is 12.3. The summed E-state index contributed by atoms with van der Waals surface area (Å²) in [4.78, 5) is 6.24. The van der Waals surface area contributed by atoms with Crippen LogP contribution in [0.5, 0.6) is 5.75 Å². The van der Waals surface area contributed by atoms with Gasteiger partial charge in [-0.15, -0.1) is 0 Å². The zero-order valence-corrected chi connectivity index (χ0v) is 9.89. The van der Waals surface area contributed by atoms with Crippen LogP contribution in [0, 0.1) is 0 Å². The zero-order valence-electron chi connectivity index (χ0n) is 9.14. The second kappa shape index (κ2) is 5.55. The van der Waals surface area contributed by atoms with Crippen LogP contribution in [-0.2, 0) is 0 Å². The van der Waals surface area contributed by atoms with E-state index in [1.54, 1.807) is 0 Å². The average Bonchev–Trinajstić information content (AvgIpc) is 2.29. The molecular weight excluding hydrogens is 244 g/mol. The smallest absolute Gasteiger partial charge is 0.511 e. The van der Waals surface area contributed by atoms with Crippen molar-refractivity contribution in [3.8, 4) is 5.75 Å². The van der Waals surface area contributed by atoms with Crippen LogP contribution < -0.4 is 14.9 Å². The Hall–Kier alpha value is -1.02. The van der Waals surface area contributed by atoms with E-state index in [1.165, 1.54) is 12.3 Å². The third-order valence-corrected chi connectivity index (χ3v) is 2.73. The number of pyridine rings is 1. The molecule has 17 heavy (non-hydrogen) atoms. The molecule has 1 aromatic rings. The van der Waals surface area contributed by atoms with Gasteiger partial charge in [0.15, 0.2) is 0 Å². The van der Waals surface area contributed by atoms with E-state index in [2.05, 4.69) is 19.9 Å². The lowest BCUT2D eigenvalue weighted by atomic mass is 10.2. The average molecular weight is 257 g/mol. The summed E-state index contributed by atoms with van der Waals surface area (Å²) in [5.74, 6) is 0.914. The summed E-state index contributed by atoms with van der Waals surface area (Å²) in [5, 5.41) is 21.0. The fourth-order valence-corrected chi connectivity index (χ4v) is 1.98. The minimum atomic E-state index is -1.86. The van der Waals surface area contributed by atoms with Crippen molar-refractivity contribution in [2.75, 3.05) is 31.1 Å². The first kappa shape index (κ1) is 12.4. The summed E-state index contributed by atoms with van der Waals surface area (Å²) in [5.41, 5.74) is 0. The van der Waals surface area contributed by atoms with E-state index in [9.17, 15) is 0 Å². The number of aromatic nitrogens is 1. The highest BCUT2D eigenvalue weighted by Gasteiger charge is 2.17. The van der Waals surface area contributed by atoms with Gasteiger partial charge >= 0.3 is 7.32 Å². The molecule has 0 saturated carbocycles. The number of halogens is 1. The molecule has 6 nitrogen and oxygen atoms in total. The molecule has 0 radical (unpaired) electrons. The van der Waals surface area contributed by atoms with Gasteiger partial charge in [0, 0.05) is 32.2 Å². The second-order valence-electron chi connectivity index (χ2n) is 3.66. The van der Waals surface area contributed by atoms with E-state index in [0.717, 1.165) is 26.2 Å². The van der Waals surface area contributed by atoms with Crippen molar-refractivity contribution >= 4 is 24.7 Å². The highest BCUT2D eigenvalue weighted by Crippen LogP contribution is 2.27. The number of piperazine rings is 1. The van der Waals surface area contributed by atoms with Gasteiger partial charge in [0.05, 0.1) is 11.2 Å². The number of nitrogens with one attached hydrogen (secondary N) is 1. The number of hydrogen-bond acceptors (Lipinski definition) is 6. The van der Waals surface area contributed by atoms with Gasteiger partial charge < -0.3 is 24.9 Å². The summed E-state index contributed by atoms with van der Waals surface area (Å²) in [7, 11) is -1.86. The molecule has 0 spiro atoms. The molecule has 0 unspecified atom stereocenters. The Morgan fingerprint density at radius 1 is 1.41 bits per heavy atom. The van der Waals surface area contributed by atoms with E-state index in [1.807, 2.05) is 0 Å². The van der Waals surface area contributed by atoms with Crippen molar-refractivity contribution < 1.29 is 14.7 Å². The second-order valence-corrected chi connectivity index (χ2v) is 4.06. The first-order valence-electron chi connectivity index (χ1n) is 5.31. The third kappa shape index (κ3) is 3.23. The normalized spacial score (nSPS) is 15.8. The van der Waals surface area contributed by atoms with Crippen LogP contribution in [0.3, 0.4) is 0 Å². The lowest BCUT2D eigenvalue weighted by Gasteiger charge is -2.29. The van der Waals surface area contributed by atoms with Gasteiger partial charge in [0.25, 0.3) is 0 Å². The molecule has 2 heterocycles. The monoisotopic (exact) mass is 257 g/mol. The molecule has 1 saturated heterocycles. The molecule has 8 heteroatoms. The molecule has 1 aliphatic rings. The minimum absolute atomic E-state index is 0.226. The van der Waals surface area contributed by atoms with Crippen molar-refractivity contribution in [3.05, 3.63) is 17.3 Å². The van der Waals surface area contributed by atoms with Crippen molar-refractivity contribution in [1.29, 1.82) is 0 Å². The van der Waals surface area contributed by atoms with Crippen molar-refractivity contribution in [2.24, 2.45) is 0 Å². The highest BCUT2D eigenvalue weighted by molar-refractivity contribution is 6.34. The molecule has 92 valence electrons. The maximum atomic E-state index is 8.66. The van der Waals surface area contributed by atoms with Crippen LogP contribution in [0.4, 0.5) is 5.82 Å². The molecular formula is C9H13BClN3O3. The molecule has 1 aliphatic heterocycles. The number of anilines is 1. The van der Waals surface area contributed by atoms with Crippen LogP contribution in [0.2, 0.25) is 5.02 Å². The number of rotatable bonds is 3. The molecule has 1 fully saturated rings. The van der Waals surface area contributed by atoms with Crippen molar-refractivity contribution in [3.63, 3.8) is 0 Å². The van der Waals surface area contributed by atoms with Crippen molar-refractivity contribution in [2.45, 2.75) is 0 Å². The molecule has 0 amide bonds. The largest absolute Gasteiger partial charge is 0.707 e. The topological polar surface area (TPSA) is 77.8 Å². The maximum Gasteiger partial charge on any atom is 0.707 e. The Kier molecular flexibility index (Phi) is 4.06. The van der Waals surface area contributed by atoms with Crippen LogP contribution in [0.25, 0.3) is 0 Å². The maximum absolute atomic E-state index is 8.66. The van der Waals surface area contributed by atoms with Crippen molar-refractivity contribution in [1.82, 2.24) is 10.3 Å². The van der Waals surface area contributed by atoms with Gasteiger partial charge in [-0.1, -0.05) is 11.6 Å². The fraction of sp³-hybridized carbons (Fsp3) is 0.444. The Morgan fingerprint density at radius 2 is 2.12 bits per heavy atom. The Morgan fingerprint density at radius 3 is 2.71 bits per heavy atom. The molecule has 0 aliphatic carbocycles. The van der Waals surface area contributed by atoms with Gasteiger partial charge in [0.1, 0.15) is 11.6 Å². The molecule has 0 bridgehead atoms. The standard InChI is InChI=1S/C9H13BClN3O3/c11-8-5-7(17-10(15)16)6-13-9(8)14-3-1-12-2-4-14/h5-6,12,15-16H,1-4H2. The van der Waals surface area contributed by atoms with Crippen LogP contribution in [-0.4, -0.2) is 48.5 Å². The molecule has 1 aromatic heterocycles. The van der Waals surface area contributed by atoms with Crippen LogP contribution in [0.1, 0.15) is 0 Å². The molecule has 0 atom stereocenters. The van der Waals surface area contributed by atoms with E-state index in [0.29, 0.717) is 10.8 Å². The highest BCUT2D eigenvalue weighted by atomic mass is 35.5. The van der Waals surface area contributed by atoms with Gasteiger partial charge in [-0.05, 0) is 0 Å². The van der Waals surface area contributed by atoms with Crippen LogP contribution >= 0.6 is 11.6 Å². The van der Waals surface area contributed by atoms with E-state index >= 15 is 0 Å². The number of nitrogens with zero attached hydrogens (tertiary/aromatic N) is 2. The summed E-state index contributed by atoms with van der Waals surface area (Å²) >= 11 is 6.08. The van der Waals surface area contributed by atoms with E-state index in [4.69, 9.17) is 21.6 Å². The third-order valence-electron chi connectivity index (χ3n) is 2.45.